The summed E-state index contributed by atoms with van der Waals surface area (Å²) in [6.07, 6.45) is 5.12. The number of allylic oxidation sites excluding steroid dienone is 1. The fourth-order valence-electron chi connectivity index (χ4n) is 2.14. The van der Waals surface area contributed by atoms with Crippen LogP contribution >= 0.6 is 0 Å². The van der Waals surface area contributed by atoms with Gasteiger partial charge in [0.1, 0.15) is 6.04 Å². The molecule has 0 radical (unpaired) electrons. The van der Waals surface area contributed by atoms with Crippen molar-refractivity contribution < 1.29 is 13.9 Å². The van der Waals surface area contributed by atoms with Gasteiger partial charge in [-0.3, -0.25) is 9.36 Å². The number of nitrogens with zero attached hydrogens (tertiary/aromatic N) is 1. The number of pyridine rings is 1. The molecule has 2 atom stereocenters. The van der Waals surface area contributed by atoms with Gasteiger partial charge in [-0.05, 0) is 37.8 Å². The molecule has 22 heavy (non-hydrogen) atoms. The molecule has 1 aromatic heterocycles. The molecule has 0 N–H and O–H groups in total. The van der Waals surface area contributed by atoms with E-state index in [2.05, 4.69) is 6.58 Å². The van der Waals surface area contributed by atoms with Gasteiger partial charge in [0.15, 0.2) is 5.82 Å². The molecule has 0 spiro atoms. The molecule has 1 rings (SSSR count). The van der Waals surface area contributed by atoms with E-state index in [9.17, 15) is 14.0 Å². The van der Waals surface area contributed by atoms with E-state index in [0.29, 0.717) is 31.2 Å². The zero-order valence-electron chi connectivity index (χ0n) is 13.5. The van der Waals surface area contributed by atoms with Gasteiger partial charge in [0.25, 0.3) is 5.56 Å². The molecule has 0 amide bonds. The lowest BCUT2D eigenvalue weighted by molar-refractivity contribution is -0.152. The van der Waals surface area contributed by atoms with Gasteiger partial charge in [-0.2, -0.15) is 0 Å². The van der Waals surface area contributed by atoms with Crippen molar-refractivity contribution in [1.82, 2.24) is 4.57 Å². The minimum atomic E-state index is -0.864. The third-order valence-electron chi connectivity index (χ3n) is 3.50. The normalized spacial score (nSPS) is 13.5. The number of halogens is 1. The highest BCUT2D eigenvalue weighted by molar-refractivity contribution is 5.74. The van der Waals surface area contributed by atoms with E-state index in [1.807, 2.05) is 13.8 Å². The average molecular weight is 309 g/mol. The van der Waals surface area contributed by atoms with E-state index in [1.54, 1.807) is 13.0 Å². The first-order valence-corrected chi connectivity index (χ1v) is 7.66. The molecule has 5 heteroatoms. The third-order valence-corrected chi connectivity index (χ3v) is 3.50. The van der Waals surface area contributed by atoms with Crippen molar-refractivity contribution in [3.05, 3.63) is 46.7 Å². The van der Waals surface area contributed by atoms with E-state index in [0.717, 1.165) is 4.57 Å². The van der Waals surface area contributed by atoms with Crippen molar-refractivity contribution in [1.29, 1.82) is 0 Å². The van der Waals surface area contributed by atoms with Gasteiger partial charge in [0.2, 0.25) is 0 Å². The molecule has 0 bridgehead atoms. The maximum absolute atomic E-state index is 13.8. The van der Waals surface area contributed by atoms with Crippen LogP contribution < -0.4 is 5.56 Å². The summed E-state index contributed by atoms with van der Waals surface area (Å²) in [5.74, 6) is -1.36. The topological polar surface area (TPSA) is 48.3 Å². The van der Waals surface area contributed by atoms with E-state index in [4.69, 9.17) is 4.74 Å². The van der Waals surface area contributed by atoms with Crippen molar-refractivity contribution in [3.8, 4) is 0 Å². The maximum atomic E-state index is 13.8. The second-order valence-electron chi connectivity index (χ2n) is 5.36. The minimum absolute atomic E-state index is 0.233. The summed E-state index contributed by atoms with van der Waals surface area (Å²) in [6, 6.07) is 0.384. The van der Waals surface area contributed by atoms with Crippen LogP contribution in [0.25, 0.3) is 0 Å². The summed E-state index contributed by atoms with van der Waals surface area (Å²) in [7, 11) is 0. The van der Waals surface area contributed by atoms with Crippen molar-refractivity contribution in [2.75, 3.05) is 0 Å². The molecule has 122 valence electrons. The van der Waals surface area contributed by atoms with E-state index in [1.165, 1.54) is 12.3 Å². The Bertz CT molecular complexity index is 580. The van der Waals surface area contributed by atoms with Crippen LogP contribution in [0.1, 0.15) is 51.6 Å². The summed E-state index contributed by atoms with van der Waals surface area (Å²) in [6.45, 7) is 9.20. The number of aromatic nitrogens is 1. The standard InChI is InChI=1S/C17H24FNO3/c1-5-8-13-10-14(18)16(20)19(11-13)15(9-6-2)17(21)22-12(4)7-3/h5,10-12,15H,1,6-9H2,2-4H3. The SMILES string of the molecule is C=CCc1cc(F)c(=O)n(C(CCC)C(=O)OC(C)CC)c1. The lowest BCUT2D eigenvalue weighted by atomic mass is 10.1. The molecule has 1 heterocycles. The molecular formula is C17H24FNO3. The van der Waals surface area contributed by atoms with Crippen molar-refractivity contribution in [2.24, 2.45) is 0 Å². The molecule has 0 aromatic carbocycles. The molecular weight excluding hydrogens is 285 g/mol. The highest BCUT2D eigenvalue weighted by atomic mass is 19.1. The number of carbonyl (C=O) groups excluding carboxylic acids is 1. The number of esters is 1. The van der Waals surface area contributed by atoms with Crippen LogP contribution in [-0.4, -0.2) is 16.6 Å². The van der Waals surface area contributed by atoms with Gasteiger partial charge in [0.05, 0.1) is 6.10 Å². The van der Waals surface area contributed by atoms with Crippen LogP contribution in [0.15, 0.2) is 29.7 Å². The highest BCUT2D eigenvalue weighted by Crippen LogP contribution is 2.17. The number of carbonyl (C=O) groups is 1. The smallest absolute Gasteiger partial charge is 0.329 e. The van der Waals surface area contributed by atoms with Crippen molar-refractivity contribution in [2.45, 2.75) is 58.6 Å². The molecule has 0 aliphatic carbocycles. The van der Waals surface area contributed by atoms with Crippen LogP contribution in [0.4, 0.5) is 4.39 Å². The largest absolute Gasteiger partial charge is 0.461 e. The van der Waals surface area contributed by atoms with Gasteiger partial charge < -0.3 is 4.74 Å². The summed E-state index contributed by atoms with van der Waals surface area (Å²) < 4.78 is 20.3. The Morgan fingerprint density at radius 1 is 1.50 bits per heavy atom. The van der Waals surface area contributed by atoms with Crippen LogP contribution in [0.3, 0.4) is 0 Å². The second kappa shape index (κ2) is 8.51. The summed E-state index contributed by atoms with van der Waals surface area (Å²) in [4.78, 5) is 24.4. The van der Waals surface area contributed by atoms with E-state index < -0.39 is 23.4 Å². The predicted octanol–water partition coefficient (Wildman–Crippen LogP) is 3.40. The lowest BCUT2D eigenvalue weighted by Gasteiger charge is -2.21. The summed E-state index contributed by atoms with van der Waals surface area (Å²) >= 11 is 0. The Hall–Kier alpha value is -1.91. The van der Waals surface area contributed by atoms with Crippen LogP contribution in [-0.2, 0) is 16.0 Å². The highest BCUT2D eigenvalue weighted by Gasteiger charge is 2.25. The van der Waals surface area contributed by atoms with Crippen LogP contribution in [0.5, 0.6) is 0 Å². The van der Waals surface area contributed by atoms with Crippen molar-refractivity contribution >= 4 is 5.97 Å². The van der Waals surface area contributed by atoms with Crippen molar-refractivity contribution in [3.63, 3.8) is 0 Å². The Morgan fingerprint density at radius 3 is 2.73 bits per heavy atom. The van der Waals surface area contributed by atoms with Crippen LogP contribution in [0, 0.1) is 5.82 Å². The molecule has 4 nitrogen and oxygen atoms in total. The molecule has 0 saturated heterocycles. The first kappa shape index (κ1) is 18.1. The maximum Gasteiger partial charge on any atom is 0.329 e. The first-order valence-electron chi connectivity index (χ1n) is 7.66. The quantitative estimate of drug-likeness (QED) is 0.546. The van der Waals surface area contributed by atoms with Gasteiger partial charge in [-0.1, -0.05) is 26.3 Å². The third kappa shape index (κ3) is 4.55. The first-order chi connectivity index (χ1) is 10.4. The molecule has 2 unspecified atom stereocenters. The van der Waals surface area contributed by atoms with Gasteiger partial charge in [-0.25, -0.2) is 9.18 Å². The van der Waals surface area contributed by atoms with Gasteiger partial charge in [-0.15, -0.1) is 6.58 Å². The summed E-state index contributed by atoms with van der Waals surface area (Å²) in [5, 5.41) is 0. The average Bonchev–Trinajstić information content (AvgIpc) is 2.48. The molecule has 0 saturated carbocycles. The minimum Gasteiger partial charge on any atom is -0.461 e. The fraction of sp³-hybridized carbons (Fsp3) is 0.529. The second-order valence-corrected chi connectivity index (χ2v) is 5.36. The predicted molar refractivity (Wildman–Crippen MR) is 84.4 cm³/mol. The molecule has 0 aliphatic rings. The van der Waals surface area contributed by atoms with E-state index in [-0.39, 0.29) is 6.10 Å². The monoisotopic (exact) mass is 309 g/mol. The Kier molecular flexibility index (Phi) is 7.02. The fourth-order valence-corrected chi connectivity index (χ4v) is 2.14. The number of hydrogen-bond acceptors (Lipinski definition) is 3. The summed E-state index contributed by atoms with van der Waals surface area (Å²) in [5.41, 5.74) is -0.197. The molecule has 0 aliphatic heterocycles. The zero-order chi connectivity index (χ0) is 16.7. The Labute approximate surface area is 130 Å². The van der Waals surface area contributed by atoms with E-state index >= 15 is 0 Å². The van der Waals surface area contributed by atoms with Gasteiger partial charge >= 0.3 is 5.97 Å². The number of rotatable bonds is 8. The zero-order valence-corrected chi connectivity index (χ0v) is 13.5. The Morgan fingerprint density at radius 2 is 2.18 bits per heavy atom. The van der Waals surface area contributed by atoms with Gasteiger partial charge in [0, 0.05) is 6.20 Å². The number of hydrogen-bond donors (Lipinski definition) is 0. The number of ether oxygens (including phenoxy) is 1. The Balaban J connectivity index is 3.22. The molecule has 1 aromatic rings. The lowest BCUT2D eigenvalue weighted by Crippen LogP contribution is -2.34. The van der Waals surface area contributed by atoms with Crippen LogP contribution in [0.2, 0.25) is 0 Å². The molecule has 0 fully saturated rings.